The van der Waals surface area contributed by atoms with Crippen LogP contribution in [0.5, 0.6) is 0 Å². The van der Waals surface area contributed by atoms with Crippen LogP contribution in [0.1, 0.15) is 43.1 Å². The minimum Gasteiger partial charge on any atom is -0.391 e. The Bertz CT molecular complexity index is 341. The van der Waals surface area contributed by atoms with Crippen molar-refractivity contribution in [2.75, 3.05) is 0 Å². The first-order valence-corrected chi connectivity index (χ1v) is 5.57. The lowest BCUT2D eigenvalue weighted by molar-refractivity contribution is 0.128. The molecule has 1 aliphatic heterocycles. The summed E-state index contributed by atoms with van der Waals surface area (Å²) in [6.45, 7) is 0.765. The Hall–Kier alpha value is -0.830. The molecule has 0 saturated heterocycles. The molecule has 2 aliphatic rings. The van der Waals surface area contributed by atoms with Crippen molar-refractivity contribution in [2.24, 2.45) is 0 Å². The van der Waals surface area contributed by atoms with Crippen molar-refractivity contribution in [2.45, 2.75) is 50.7 Å². The van der Waals surface area contributed by atoms with Crippen molar-refractivity contribution in [1.82, 2.24) is 9.55 Å². The van der Waals surface area contributed by atoms with E-state index >= 15 is 0 Å². The van der Waals surface area contributed by atoms with Gasteiger partial charge in [0.2, 0.25) is 0 Å². The van der Waals surface area contributed by atoms with Crippen molar-refractivity contribution >= 4 is 0 Å². The fourth-order valence-corrected chi connectivity index (χ4v) is 2.45. The molecule has 0 radical (unpaired) electrons. The first-order valence-electron chi connectivity index (χ1n) is 5.57. The second-order valence-corrected chi connectivity index (χ2v) is 4.54. The molecule has 3 rings (SSSR count). The minimum absolute atomic E-state index is 0.157. The van der Waals surface area contributed by atoms with Gasteiger partial charge in [0.1, 0.15) is 5.82 Å². The topological polar surface area (TPSA) is 38.1 Å². The molecule has 3 nitrogen and oxygen atoms in total. The van der Waals surface area contributed by atoms with Gasteiger partial charge in [-0.3, -0.25) is 0 Å². The van der Waals surface area contributed by atoms with E-state index in [4.69, 9.17) is 0 Å². The number of nitrogens with zero attached hydrogens (tertiary/aromatic N) is 2. The zero-order valence-electron chi connectivity index (χ0n) is 8.32. The van der Waals surface area contributed by atoms with E-state index in [1.807, 2.05) is 6.20 Å². The highest BCUT2D eigenvalue weighted by Crippen LogP contribution is 2.36. The van der Waals surface area contributed by atoms with Crippen LogP contribution < -0.4 is 0 Å². The van der Waals surface area contributed by atoms with E-state index in [2.05, 4.69) is 9.55 Å². The Labute approximate surface area is 83.8 Å². The van der Waals surface area contributed by atoms with Crippen molar-refractivity contribution in [1.29, 1.82) is 0 Å². The van der Waals surface area contributed by atoms with Gasteiger partial charge in [0, 0.05) is 17.8 Å². The second kappa shape index (κ2) is 3.09. The molecule has 0 amide bonds. The molecule has 1 saturated carbocycles. The summed E-state index contributed by atoms with van der Waals surface area (Å²) in [5, 5.41) is 9.62. The van der Waals surface area contributed by atoms with Crippen LogP contribution in [-0.4, -0.2) is 20.8 Å². The molecule has 1 unspecified atom stereocenters. The van der Waals surface area contributed by atoms with Gasteiger partial charge in [-0.15, -0.1) is 0 Å². The van der Waals surface area contributed by atoms with Crippen molar-refractivity contribution in [3.63, 3.8) is 0 Å². The van der Waals surface area contributed by atoms with Gasteiger partial charge in [-0.2, -0.15) is 0 Å². The standard InChI is InChI=1S/C11H16N2O/c14-10-5-4-9-6-12-11(13(9)7-10)8-2-1-3-8/h6,8,10,14H,1-5,7H2. The second-order valence-electron chi connectivity index (χ2n) is 4.54. The predicted octanol–water partition coefficient (Wildman–Crippen LogP) is 1.46. The summed E-state index contributed by atoms with van der Waals surface area (Å²) in [7, 11) is 0. The molecule has 1 fully saturated rings. The Morgan fingerprint density at radius 3 is 2.93 bits per heavy atom. The number of fused-ring (bicyclic) bond motifs is 1. The van der Waals surface area contributed by atoms with Crippen LogP contribution in [-0.2, 0) is 13.0 Å². The maximum atomic E-state index is 9.62. The average Bonchev–Trinajstić information content (AvgIpc) is 2.46. The molecule has 1 aliphatic carbocycles. The minimum atomic E-state index is -0.157. The number of aromatic nitrogens is 2. The van der Waals surface area contributed by atoms with Crippen LogP contribution in [0.25, 0.3) is 0 Å². The third kappa shape index (κ3) is 1.19. The Morgan fingerprint density at radius 2 is 2.21 bits per heavy atom. The van der Waals surface area contributed by atoms with Crippen LogP contribution >= 0.6 is 0 Å². The molecule has 14 heavy (non-hydrogen) atoms. The normalized spacial score (nSPS) is 27.1. The van der Waals surface area contributed by atoms with E-state index in [1.165, 1.54) is 30.8 Å². The summed E-state index contributed by atoms with van der Waals surface area (Å²) >= 11 is 0. The summed E-state index contributed by atoms with van der Waals surface area (Å²) in [5.74, 6) is 1.90. The van der Waals surface area contributed by atoms with Crippen LogP contribution in [0.3, 0.4) is 0 Å². The number of aryl methyl sites for hydroxylation is 1. The molecule has 1 aromatic rings. The van der Waals surface area contributed by atoms with Crippen LogP contribution in [0.2, 0.25) is 0 Å². The number of imidazole rings is 1. The van der Waals surface area contributed by atoms with Crippen LogP contribution in [0.15, 0.2) is 6.20 Å². The summed E-state index contributed by atoms with van der Waals surface area (Å²) in [6.07, 6.45) is 7.64. The largest absolute Gasteiger partial charge is 0.391 e. The van der Waals surface area contributed by atoms with E-state index in [1.54, 1.807) is 0 Å². The monoisotopic (exact) mass is 192 g/mol. The summed E-state index contributed by atoms with van der Waals surface area (Å²) in [4.78, 5) is 4.51. The van der Waals surface area contributed by atoms with Gasteiger partial charge in [0.25, 0.3) is 0 Å². The third-order valence-electron chi connectivity index (χ3n) is 3.57. The summed E-state index contributed by atoms with van der Waals surface area (Å²) in [6, 6.07) is 0. The first kappa shape index (κ1) is 8.48. The molecular formula is C11H16N2O. The van der Waals surface area contributed by atoms with Crippen molar-refractivity contribution in [3.05, 3.63) is 17.7 Å². The highest BCUT2D eigenvalue weighted by molar-refractivity contribution is 5.13. The third-order valence-corrected chi connectivity index (χ3v) is 3.57. The molecular weight excluding hydrogens is 176 g/mol. The predicted molar refractivity (Wildman–Crippen MR) is 53.1 cm³/mol. The lowest BCUT2D eigenvalue weighted by Crippen LogP contribution is -2.27. The van der Waals surface area contributed by atoms with Gasteiger partial charge in [-0.1, -0.05) is 6.42 Å². The number of hydrogen-bond acceptors (Lipinski definition) is 2. The first-order chi connectivity index (χ1) is 6.84. The number of aliphatic hydroxyl groups is 1. The van der Waals surface area contributed by atoms with Crippen molar-refractivity contribution in [3.8, 4) is 0 Å². The smallest absolute Gasteiger partial charge is 0.112 e. The number of rotatable bonds is 1. The highest BCUT2D eigenvalue weighted by Gasteiger charge is 2.27. The Morgan fingerprint density at radius 1 is 1.36 bits per heavy atom. The molecule has 1 N–H and O–H groups in total. The van der Waals surface area contributed by atoms with E-state index in [-0.39, 0.29) is 6.10 Å². The Balaban J connectivity index is 1.93. The molecule has 2 heterocycles. The fourth-order valence-electron chi connectivity index (χ4n) is 2.45. The van der Waals surface area contributed by atoms with E-state index in [0.717, 1.165) is 19.4 Å². The zero-order valence-corrected chi connectivity index (χ0v) is 8.32. The average molecular weight is 192 g/mol. The molecule has 0 spiro atoms. The maximum absolute atomic E-state index is 9.62. The number of aliphatic hydroxyl groups excluding tert-OH is 1. The molecule has 1 atom stereocenters. The van der Waals surface area contributed by atoms with Gasteiger partial charge >= 0.3 is 0 Å². The van der Waals surface area contributed by atoms with Gasteiger partial charge in [0.15, 0.2) is 0 Å². The molecule has 0 aromatic carbocycles. The molecule has 76 valence electrons. The number of hydrogen-bond donors (Lipinski definition) is 1. The molecule has 3 heteroatoms. The molecule has 0 bridgehead atoms. The lowest BCUT2D eigenvalue weighted by atomic mass is 9.84. The highest BCUT2D eigenvalue weighted by atomic mass is 16.3. The van der Waals surface area contributed by atoms with E-state index in [9.17, 15) is 5.11 Å². The van der Waals surface area contributed by atoms with Gasteiger partial charge < -0.3 is 9.67 Å². The zero-order chi connectivity index (χ0) is 9.54. The van der Waals surface area contributed by atoms with Crippen LogP contribution in [0, 0.1) is 0 Å². The van der Waals surface area contributed by atoms with E-state index < -0.39 is 0 Å². The van der Waals surface area contributed by atoms with Gasteiger partial charge in [-0.05, 0) is 25.7 Å². The molecule has 1 aromatic heterocycles. The van der Waals surface area contributed by atoms with Crippen molar-refractivity contribution < 1.29 is 5.11 Å². The Kier molecular flexibility index (Phi) is 1.87. The van der Waals surface area contributed by atoms with Gasteiger partial charge in [0.05, 0.1) is 12.6 Å². The quantitative estimate of drug-likeness (QED) is 0.731. The summed E-state index contributed by atoms with van der Waals surface area (Å²) in [5.41, 5.74) is 1.32. The van der Waals surface area contributed by atoms with E-state index in [0.29, 0.717) is 5.92 Å². The summed E-state index contributed by atoms with van der Waals surface area (Å²) < 4.78 is 2.25. The SMILES string of the molecule is OC1CCc2cnc(C3CCC3)n2C1. The van der Waals surface area contributed by atoms with Crippen LogP contribution in [0.4, 0.5) is 0 Å². The van der Waals surface area contributed by atoms with Gasteiger partial charge in [-0.25, -0.2) is 4.98 Å². The maximum Gasteiger partial charge on any atom is 0.112 e. The fraction of sp³-hybridized carbons (Fsp3) is 0.727. The lowest BCUT2D eigenvalue weighted by Gasteiger charge is -2.28.